The maximum Gasteiger partial charge on any atom is 0.164 e. The van der Waals surface area contributed by atoms with Crippen molar-refractivity contribution in [3.8, 4) is 56.8 Å². The zero-order chi connectivity index (χ0) is 33.9. The Morgan fingerprint density at radius 1 is 0.392 bits per heavy atom. The van der Waals surface area contributed by atoms with Crippen LogP contribution in [0.4, 0.5) is 4.39 Å². The van der Waals surface area contributed by atoms with E-state index in [0.717, 1.165) is 74.0 Å². The summed E-state index contributed by atoms with van der Waals surface area (Å²) in [4.78, 5) is 25.2. The first-order valence-corrected chi connectivity index (χ1v) is 18.1. The Bertz CT molecular complexity index is 2860. The van der Waals surface area contributed by atoms with Gasteiger partial charge in [0.25, 0.3) is 0 Å². The average Bonchev–Trinajstić information content (AvgIpc) is 3.77. The SMILES string of the molecule is Fc1ccc(-c2nc(-c3cccc4c3sc3ccc(-c5nc(-c6ccccc6)nc(-c6ccccc6)n5)cc34)nc3c2sc2ccccc23)cc1. The molecule has 0 unspecified atom stereocenters. The Balaban J connectivity index is 1.16. The van der Waals surface area contributed by atoms with Gasteiger partial charge in [-0.2, -0.15) is 0 Å². The first-order chi connectivity index (χ1) is 25.2. The van der Waals surface area contributed by atoms with E-state index < -0.39 is 0 Å². The lowest BCUT2D eigenvalue weighted by atomic mass is 10.1. The molecule has 240 valence electrons. The molecule has 0 aliphatic rings. The quantitative estimate of drug-likeness (QED) is 0.180. The second-order valence-corrected chi connectivity index (χ2v) is 14.3. The van der Waals surface area contributed by atoms with Crippen LogP contribution >= 0.6 is 22.7 Å². The highest BCUT2D eigenvalue weighted by atomic mass is 32.1. The Morgan fingerprint density at radius 2 is 0.980 bits per heavy atom. The fourth-order valence-corrected chi connectivity index (χ4v) is 8.91. The predicted octanol–water partition coefficient (Wildman–Crippen LogP) is 11.9. The third-order valence-electron chi connectivity index (χ3n) is 9.03. The summed E-state index contributed by atoms with van der Waals surface area (Å²) in [5, 5.41) is 3.30. The summed E-state index contributed by atoms with van der Waals surface area (Å²) < 4.78 is 18.4. The van der Waals surface area contributed by atoms with Crippen LogP contribution in [0.2, 0.25) is 0 Å². The Hall–Kier alpha value is -6.22. The first kappa shape index (κ1) is 29.7. The van der Waals surface area contributed by atoms with Gasteiger partial charge >= 0.3 is 0 Å². The molecule has 0 amide bonds. The third-order valence-corrected chi connectivity index (χ3v) is 11.4. The average molecular weight is 694 g/mol. The van der Waals surface area contributed by atoms with Crippen molar-refractivity contribution in [1.82, 2.24) is 24.9 Å². The highest BCUT2D eigenvalue weighted by molar-refractivity contribution is 7.26. The minimum atomic E-state index is -0.278. The van der Waals surface area contributed by atoms with Gasteiger partial charge in [-0.1, -0.05) is 91.0 Å². The van der Waals surface area contributed by atoms with Crippen LogP contribution in [0, 0.1) is 5.82 Å². The van der Waals surface area contributed by atoms with Crippen LogP contribution in [-0.4, -0.2) is 24.9 Å². The molecule has 0 aliphatic carbocycles. The molecule has 10 rings (SSSR count). The van der Waals surface area contributed by atoms with Crippen molar-refractivity contribution in [2.45, 2.75) is 0 Å². The zero-order valence-corrected chi connectivity index (χ0v) is 28.4. The molecule has 0 radical (unpaired) electrons. The summed E-state index contributed by atoms with van der Waals surface area (Å²) in [5.74, 6) is 2.23. The van der Waals surface area contributed by atoms with E-state index in [9.17, 15) is 4.39 Å². The van der Waals surface area contributed by atoms with Crippen LogP contribution in [0.25, 0.3) is 97.3 Å². The smallest absolute Gasteiger partial charge is 0.164 e. The van der Waals surface area contributed by atoms with Gasteiger partial charge in [0.05, 0.1) is 15.9 Å². The van der Waals surface area contributed by atoms with Gasteiger partial charge in [-0.3, -0.25) is 0 Å². The molecule has 0 N–H and O–H groups in total. The van der Waals surface area contributed by atoms with Gasteiger partial charge in [0.15, 0.2) is 23.3 Å². The van der Waals surface area contributed by atoms with Gasteiger partial charge < -0.3 is 0 Å². The molecule has 4 aromatic heterocycles. The fraction of sp³-hybridized carbons (Fsp3) is 0. The van der Waals surface area contributed by atoms with Gasteiger partial charge in [-0.25, -0.2) is 29.3 Å². The number of nitrogens with zero attached hydrogens (tertiary/aromatic N) is 5. The molecule has 8 heteroatoms. The summed E-state index contributed by atoms with van der Waals surface area (Å²) in [5.41, 5.74) is 6.28. The van der Waals surface area contributed by atoms with E-state index in [1.54, 1.807) is 34.8 Å². The van der Waals surface area contributed by atoms with Crippen molar-refractivity contribution in [2.75, 3.05) is 0 Å². The minimum absolute atomic E-state index is 0.278. The van der Waals surface area contributed by atoms with E-state index in [0.29, 0.717) is 23.3 Å². The fourth-order valence-electron chi connectivity index (χ4n) is 6.57. The van der Waals surface area contributed by atoms with Crippen LogP contribution < -0.4 is 0 Å². The topological polar surface area (TPSA) is 64.5 Å². The second kappa shape index (κ2) is 12.0. The predicted molar refractivity (Wildman–Crippen MR) is 208 cm³/mol. The molecule has 0 spiro atoms. The molecular weight excluding hydrogens is 670 g/mol. The molecule has 0 aliphatic heterocycles. The van der Waals surface area contributed by atoms with Crippen LogP contribution in [0.3, 0.4) is 0 Å². The van der Waals surface area contributed by atoms with Crippen molar-refractivity contribution < 1.29 is 4.39 Å². The monoisotopic (exact) mass is 693 g/mol. The second-order valence-electron chi connectivity index (χ2n) is 12.2. The van der Waals surface area contributed by atoms with E-state index in [2.05, 4.69) is 48.5 Å². The van der Waals surface area contributed by atoms with E-state index in [4.69, 9.17) is 24.9 Å². The van der Waals surface area contributed by atoms with Gasteiger partial charge in [0, 0.05) is 58.1 Å². The van der Waals surface area contributed by atoms with Crippen molar-refractivity contribution >= 4 is 63.1 Å². The standard InChI is InChI=1S/C43H24FN5S2/c44-29-21-18-25(19-22-29)36-39-37(31-14-7-8-17-34(31)51-39)46-43(45-36)32-16-9-15-30-33-24-28(20-23-35(33)50-38(30)32)42-48-40(26-10-3-1-4-11-26)47-41(49-42)27-12-5-2-6-13-27/h1-24H. The maximum absolute atomic E-state index is 14.0. The number of halogens is 1. The Morgan fingerprint density at radius 3 is 1.71 bits per heavy atom. The lowest BCUT2D eigenvalue weighted by Crippen LogP contribution is -2.00. The Kier molecular flexibility index (Phi) is 6.97. The van der Waals surface area contributed by atoms with Crippen LogP contribution in [0.1, 0.15) is 0 Å². The largest absolute Gasteiger partial charge is 0.226 e. The van der Waals surface area contributed by atoms with E-state index in [-0.39, 0.29) is 5.82 Å². The van der Waals surface area contributed by atoms with Crippen LogP contribution in [-0.2, 0) is 0 Å². The highest BCUT2D eigenvalue weighted by Crippen LogP contribution is 2.43. The number of fused-ring (bicyclic) bond motifs is 6. The van der Waals surface area contributed by atoms with Gasteiger partial charge in [0.1, 0.15) is 5.82 Å². The van der Waals surface area contributed by atoms with E-state index in [1.165, 1.54) is 12.1 Å². The number of rotatable bonds is 5. The lowest BCUT2D eigenvalue weighted by molar-refractivity contribution is 0.628. The minimum Gasteiger partial charge on any atom is -0.226 e. The summed E-state index contributed by atoms with van der Waals surface area (Å²) in [7, 11) is 0. The highest BCUT2D eigenvalue weighted by Gasteiger charge is 2.20. The van der Waals surface area contributed by atoms with Gasteiger partial charge in [-0.15, -0.1) is 22.7 Å². The van der Waals surface area contributed by atoms with Crippen molar-refractivity contribution in [2.24, 2.45) is 0 Å². The molecule has 10 aromatic rings. The van der Waals surface area contributed by atoms with Crippen molar-refractivity contribution in [3.63, 3.8) is 0 Å². The molecule has 0 saturated heterocycles. The molecule has 51 heavy (non-hydrogen) atoms. The zero-order valence-electron chi connectivity index (χ0n) is 26.8. The third kappa shape index (κ3) is 5.15. The number of aromatic nitrogens is 5. The molecule has 0 bridgehead atoms. The molecular formula is C43H24FN5S2. The summed E-state index contributed by atoms with van der Waals surface area (Å²) >= 11 is 3.39. The van der Waals surface area contributed by atoms with Crippen LogP contribution in [0.15, 0.2) is 146 Å². The molecule has 0 saturated carbocycles. The normalized spacial score (nSPS) is 11.6. The maximum atomic E-state index is 14.0. The number of thiophene rings is 2. The summed E-state index contributed by atoms with van der Waals surface area (Å²) in [6, 6.07) is 47.6. The molecule has 0 atom stereocenters. The van der Waals surface area contributed by atoms with Crippen molar-refractivity contribution in [1.29, 1.82) is 0 Å². The number of hydrogen-bond donors (Lipinski definition) is 0. The summed E-state index contributed by atoms with van der Waals surface area (Å²) in [6.07, 6.45) is 0. The number of benzene rings is 6. The first-order valence-electron chi connectivity index (χ1n) is 16.4. The summed E-state index contributed by atoms with van der Waals surface area (Å²) in [6.45, 7) is 0. The molecule has 5 nitrogen and oxygen atoms in total. The molecule has 6 aromatic carbocycles. The molecule has 4 heterocycles. The molecule has 0 fully saturated rings. The van der Waals surface area contributed by atoms with Crippen molar-refractivity contribution in [3.05, 3.63) is 151 Å². The number of hydrogen-bond acceptors (Lipinski definition) is 7. The lowest BCUT2D eigenvalue weighted by Gasteiger charge is -2.09. The van der Waals surface area contributed by atoms with Crippen LogP contribution in [0.5, 0.6) is 0 Å². The van der Waals surface area contributed by atoms with E-state index in [1.807, 2.05) is 72.8 Å². The van der Waals surface area contributed by atoms with E-state index >= 15 is 0 Å². The van der Waals surface area contributed by atoms with Gasteiger partial charge in [0.2, 0.25) is 0 Å². The Labute approximate surface area is 299 Å². The van der Waals surface area contributed by atoms with Gasteiger partial charge in [-0.05, 0) is 54.6 Å².